The van der Waals surface area contributed by atoms with Crippen molar-refractivity contribution in [3.05, 3.63) is 53.6 Å². The zero-order valence-electron chi connectivity index (χ0n) is 12.9. The van der Waals surface area contributed by atoms with Crippen molar-refractivity contribution in [2.24, 2.45) is 5.92 Å². The number of carbonyl (C=O) groups is 2. The summed E-state index contributed by atoms with van der Waals surface area (Å²) in [6, 6.07) is 14.2. The lowest BCUT2D eigenvalue weighted by Gasteiger charge is -2.21. The molecule has 0 aliphatic carbocycles. The van der Waals surface area contributed by atoms with Gasteiger partial charge < -0.3 is 15.4 Å². The number of ether oxygens (including phenoxy) is 1. The normalized spacial score (nSPS) is 17.0. The third kappa shape index (κ3) is 4.06. The van der Waals surface area contributed by atoms with Crippen LogP contribution < -0.4 is 15.4 Å². The molecule has 5 nitrogen and oxygen atoms in total. The van der Waals surface area contributed by atoms with E-state index in [2.05, 4.69) is 10.6 Å². The van der Waals surface area contributed by atoms with Crippen molar-refractivity contribution in [3.63, 3.8) is 0 Å². The van der Waals surface area contributed by atoms with E-state index in [9.17, 15) is 9.59 Å². The second-order valence-electron chi connectivity index (χ2n) is 5.59. The fourth-order valence-corrected chi connectivity index (χ4v) is 2.69. The Morgan fingerprint density at radius 1 is 1.17 bits per heavy atom. The minimum Gasteiger partial charge on any atom is -0.456 e. The van der Waals surface area contributed by atoms with E-state index in [0.29, 0.717) is 35.2 Å². The van der Waals surface area contributed by atoms with E-state index in [1.807, 2.05) is 12.1 Å². The molecule has 2 amide bonds. The highest BCUT2D eigenvalue weighted by atomic mass is 35.5. The summed E-state index contributed by atoms with van der Waals surface area (Å²) in [7, 11) is 0. The van der Waals surface area contributed by atoms with Gasteiger partial charge in [-0.1, -0.05) is 23.7 Å². The molecular formula is C18H17ClN2O3. The van der Waals surface area contributed by atoms with Crippen LogP contribution in [0, 0.1) is 5.92 Å². The molecule has 2 aromatic rings. The third-order valence-corrected chi connectivity index (χ3v) is 4.12. The van der Waals surface area contributed by atoms with Crippen molar-refractivity contribution in [1.82, 2.24) is 5.32 Å². The fraction of sp³-hybridized carbons (Fsp3) is 0.222. The Bertz CT molecular complexity index is 746. The highest BCUT2D eigenvalue weighted by Gasteiger charge is 2.25. The van der Waals surface area contributed by atoms with E-state index in [0.717, 1.165) is 0 Å². The number of rotatable bonds is 4. The molecule has 0 bridgehead atoms. The topological polar surface area (TPSA) is 67.4 Å². The lowest BCUT2D eigenvalue weighted by molar-refractivity contribution is -0.129. The quantitative estimate of drug-likeness (QED) is 0.890. The average molecular weight is 345 g/mol. The highest BCUT2D eigenvalue weighted by molar-refractivity contribution is 6.32. The summed E-state index contributed by atoms with van der Waals surface area (Å²) in [6.07, 6.45) is 0.894. The zero-order valence-corrected chi connectivity index (χ0v) is 13.7. The van der Waals surface area contributed by atoms with E-state index in [1.54, 1.807) is 36.4 Å². The lowest BCUT2D eigenvalue weighted by Crippen LogP contribution is -2.38. The van der Waals surface area contributed by atoms with Crippen LogP contribution in [0.3, 0.4) is 0 Å². The number of benzene rings is 2. The second kappa shape index (κ2) is 7.36. The number of anilines is 1. The van der Waals surface area contributed by atoms with Crippen LogP contribution >= 0.6 is 11.6 Å². The third-order valence-electron chi connectivity index (χ3n) is 3.80. The summed E-state index contributed by atoms with van der Waals surface area (Å²) >= 11 is 6.06. The summed E-state index contributed by atoms with van der Waals surface area (Å²) in [4.78, 5) is 23.6. The molecule has 0 radical (unpaired) electrons. The number of hydrogen-bond donors (Lipinski definition) is 2. The number of piperidine rings is 1. The van der Waals surface area contributed by atoms with Gasteiger partial charge >= 0.3 is 0 Å². The zero-order chi connectivity index (χ0) is 16.9. The van der Waals surface area contributed by atoms with Crippen LogP contribution in [0.5, 0.6) is 11.5 Å². The Hall–Kier alpha value is -2.53. The van der Waals surface area contributed by atoms with Crippen molar-refractivity contribution >= 4 is 29.1 Å². The van der Waals surface area contributed by atoms with Gasteiger partial charge in [0.25, 0.3) is 0 Å². The predicted octanol–water partition coefficient (Wildman–Crippen LogP) is 3.60. The maximum atomic E-state index is 12.2. The Kier molecular flexibility index (Phi) is 5.01. The molecule has 0 saturated carbocycles. The molecule has 2 aromatic carbocycles. The predicted molar refractivity (Wildman–Crippen MR) is 92.3 cm³/mol. The summed E-state index contributed by atoms with van der Waals surface area (Å²) in [6.45, 7) is 0.543. The van der Waals surface area contributed by atoms with Crippen LogP contribution in [-0.2, 0) is 9.59 Å². The van der Waals surface area contributed by atoms with Crippen molar-refractivity contribution < 1.29 is 14.3 Å². The summed E-state index contributed by atoms with van der Waals surface area (Å²) in [5, 5.41) is 6.09. The number of halogens is 1. The molecule has 1 unspecified atom stereocenters. The Labute approximate surface area is 145 Å². The first-order valence-electron chi connectivity index (χ1n) is 7.72. The molecule has 1 heterocycles. The minimum atomic E-state index is -0.280. The number of para-hydroxylation sites is 1. The van der Waals surface area contributed by atoms with Gasteiger partial charge in [0.15, 0.2) is 0 Å². The largest absolute Gasteiger partial charge is 0.456 e. The van der Waals surface area contributed by atoms with Gasteiger partial charge in [-0.25, -0.2) is 0 Å². The van der Waals surface area contributed by atoms with Gasteiger partial charge in [0.2, 0.25) is 11.8 Å². The van der Waals surface area contributed by atoms with Gasteiger partial charge in [0.05, 0.1) is 5.02 Å². The van der Waals surface area contributed by atoms with Crippen LogP contribution in [0.4, 0.5) is 5.69 Å². The van der Waals surface area contributed by atoms with E-state index in [1.165, 1.54) is 0 Å². The standard InChI is InChI=1S/C18H17ClN2O3/c19-15-3-1-2-4-16(15)24-14-7-5-13(6-8-14)21-18(23)12-9-10-20-17(22)11-12/h1-8,12H,9-11H2,(H,20,22)(H,21,23). The molecule has 124 valence electrons. The molecule has 1 atom stereocenters. The molecule has 3 rings (SSSR count). The van der Waals surface area contributed by atoms with Gasteiger partial charge in [0, 0.05) is 24.6 Å². The molecule has 2 N–H and O–H groups in total. The minimum absolute atomic E-state index is 0.0788. The molecule has 24 heavy (non-hydrogen) atoms. The Morgan fingerprint density at radius 2 is 1.92 bits per heavy atom. The summed E-state index contributed by atoms with van der Waals surface area (Å²) in [5.41, 5.74) is 0.664. The second-order valence-corrected chi connectivity index (χ2v) is 5.99. The molecular weight excluding hydrogens is 328 g/mol. The molecule has 1 aliphatic heterocycles. The average Bonchev–Trinajstić information content (AvgIpc) is 2.58. The van der Waals surface area contributed by atoms with Gasteiger partial charge in [-0.15, -0.1) is 0 Å². The SMILES string of the molecule is O=C1CC(C(=O)Nc2ccc(Oc3ccccc3Cl)cc2)CCN1. The molecule has 6 heteroatoms. The van der Waals surface area contributed by atoms with Gasteiger partial charge in [-0.05, 0) is 42.8 Å². The maximum Gasteiger partial charge on any atom is 0.228 e. The first-order valence-corrected chi connectivity index (χ1v) is 8.09. The van der Waals surface area contributed by atoms with Gasteiger partial charge in [-0.2, -0.15) is 0 Å². The van der Waals surface area contributed by atoms with Crippen LogP contribution in [0.1, 0.15) is 12.8 Å². The fourth-order valence-electron chi connectivity index (χ4n) is 2.51. The smallest absolute Gasteiger partial charge is 0.228 e. The molecule has 1 aliphatic rings. The van der Waals surface area contributed by atoms with Crippen molar-refractivity contribution in [2.75, 3.05) is 11.9 Å². The number of hydrogen-bond acceptors (Lipinski definition) is 3. The van der Waals surface area contributed by atoms with Gasteiger partial charge in [0.1, 0.15) is 11.5 Å². The molecule has 0 aromatic heterocycles. The first kappa shape index (κ1) is 16.3. The number of nitrogens with one attached hydrogen (secondary N) is 2. The van der Waals surface area contributed by atoms with Crippen LogP contribution in [0.25, 0.3) is 0 Å². The first-order chi connectivity index (χ1) is 11.6. The Morgan fingerprint density at radius 3 is 2.62 bits per heavy atom. The summed E-state index contributed by atoms with van der Waals surface area (Å²) in [5.74, 6) is 0.703. The number of amides is 2. The molecule has 0 spiro atoms. The van der Waals surface area contributed by atoms with Crippen molar-refractivity contribution in [3.8, 4) is 11.5 Å². The monoisotopic (exact) mass is 344 g/mol. The Balaban J connectivity index is 1.61. The van der Waals surface area contributed by atoms with Crippen LogP contribution in [0.2, 0.25) is 5.02 Å². The van der Waals surface area contributed by atoms with Crippen molar-refractivity contribution in [2.45, 2.75) is 12.8 Å². The van der Waals surface area contributed by atoms with E-state index >= 15 is 0 Å². The van der Waals surface area contributed by atoms with Gasteiger partial charge in [-0.3, -0.25) is 9.59 Å². The number of carbonyl (C=O) groups excluding carboxylic acids is 2. The van der Waals surface area contributed by atoms with Crippen molar-refractivity contribution in [1.29, 1.82) is 0 Å². The highest BCUT2D eigenvalue weighted by Crippen LogP contribution is 2.29. The van der Waals surface area contributed by atoms with E-state index < -0.39 is 0 Å². The van der Waals surface area contributed by atoms with Crippen LogP contribution in [0.15, 0.2) is 48.5 Å². The maximum absolute atomic E-state index is 12.2. The van der Waals surface area contributed by atoms with E-state index in [4.69, 9.17) is 16.3 Å². The van der Waals surface area contributed by atoms with Crippen LogP contribution in [-0.4, -0.2) is 18.4 Å². The van der Waals surface area contributed by atoms with E-state index in [-0.39, 0.29) is 24.2 Å². The molecule has 1 saturated heterocycles. The molecule has 1 fully saturated rings. The summed E-state index contributed by atoms with van der Waals surface area (Å²) < 4.78 is 5.70. The lowest BCUT2D eigenvalue weighted by atomic mass is 9.96.